The van der Waals surface area contributed by atoms with Crippen molar-refractivity contribution in [1.82, 2.24) is 15.0 Å². The normalized spacial score (nSPS) is 14.4. The molecule has 0 saturated heterocycles. The zero-order valence-corrected chi connectivity index (χ0v) is 10.7. The summed E-state index contributed by atoms with van der Waals surface area (Å²) in [6, 6.07) is 7.66. The van der Waals surface area contributed by atoms with Gasteiger partial charge in [0.15, 0.2) is 6.29 Å². The highest BCUT2D eigenvalue weighted by Gasteiger charge is 2.31. The van der Waals surface area contributed by atoms with E-state index in [1.807, 2.05) is 31.2 Å². The van der Waals surface area contributed by atoms with Gasteiger partial charge >= 0.3 is 0 Å². The van der Waals surface area contributed by atoms with Gasteiger partial charge in [-0.2, -0.15) is 0 Å². The second kappa shape index (κ2) is 4.84. The molecule has 2 aromatic rings. The predicted octanol–water partition coefficient (Wildman–Crippen LogP) is 2.36. The van der Waals surface area contributed by atoms with Crippen molar-refractivity contribution >= 4 is 6.29 Å². The molecule has 1 aliphatic rings. The van der Waals surface area contributed by atoms with Gasteiger partial charge in [-0.3, -0.25) is 4.79 Å². The van der Waals surface area contributed by atoms with Crippen LogP contribution in [0.15, 0.2) is 24.3 Å². The molecule has 0 radical (unpaired) electrons. The van der Waals surface area contributed by atoms with Gasteiger partial charge in [-0.25, -0.2) is 4.68 Å². The van der Waals surface area contributed by atoms with Gasteiger partial charge in [0.2, 0.25) is 0 Å². The molecule has 0 amide bonds. The maximum Gasteiger partial charge on any atom is 0.172 e. The summed E-state index contributed by atoms with van der Waals surface area (Å²) < 4.78 is 7.17. The lowest BCUT2D eigenvalue weighted by Crippen LogP contribution is -2.02. The Morgan fingerprint density at radius 2 is 2.11 bits per heavy atom. The van der Waals surface area contributed by atoms with Gasteiger partial charge < -0.3 is 4.74 Å². The third-order valence-corrected chi connectivity index (χ3v) is 3.20. The zero-order valence-electron chi connectivity index (χ0n) is 10.7. The van der Waals surface area contributed by atoms with Gasteiger partial charge in [0, 0.05) is 5.92 Å². The molecule has 1 fully saturated rings. The molecular weight excluding hydrogens is 242 g/mol. The Bertz CT molecular complexity index is 585. The van der Waals surface area contributed by atoms with Crippen LogP contribution in [-0.4, -0.2) is 27.9 Å². The molecule has 1 heterocycles. The zero-order chi connectivity index (χ0) is 13.2. The van der Waals surface area contributed by atoms with E-state index in [0.717, 1.165) is 36.3 Å². The molecule has 5 nitrogen and oxygen atoms in total. The molecule has 1 aromatic carbocycles. The summed E-state index contributed by atoms with van der Waals surface area (Å²) in [7, 11) is 0. The first kappa shape index (κ1) is 11.9. The largest absolute Gasteiger partial charge is 0.494 e. The van der Waals surface area contributed by atoms with E-state index in [2.05, 4.69) is 10.3 Å². The number of hydrogen-bond donors (Lipinski definition) is 0. The topological polar surface area (TPSA) is 57.0 Å². The van der Waals surface area contributed by atoms with Crippen LogP contribution in [0, 0.1) is 0 Å². The minimum Gasteiger partial charge on any atom is -0.494 e. The minimum absolute atomic E-state index is 0.418. The Morgan fingerprint density at radius 1 is 1.37 bits per heavy atom. The van der Waals surface area contributed by atoms with E-state index < -0.39 is 0 Å². The summed E-state index contributed by atoms with van der Waals surface area (Å²) in [4.78, 5) is 11.0. The van der Waals surface area contributed by atoms with Gasteiger partial charge in [-0.1, -0.05) is 5.21 Å². The van der Waals surface area contributed by atoms with Crippen molar-refractivity contribution in [3.05, 3.63) is 35.7 Å². The van der Waals surface area contributed by atoms with Crippen LogP contribution in [0.5, 0.6) is 5.75 Å². The van der Waals surface area contributed by atoms with E-state index in [-0.39, 0.29) is 0 Å². The highest BCUT2D eigenvalue weighted by molar-refractivity contribution is 5.74. The molecule has 0 aliphatic heterocycles. The van der Waals surface area contributed by atoms with Gasteiger partial charge in [0.25, 0.3) is 0 Å². The molecule has 0 unspecified atom stereocenters. The molecular formula is C14H15N3O2. The predicted molar refractivity (Wildman–Crippen MR) is 69.9 cm³/mol. The van der Waals surface area contributed by atoms with Crippen molar-refractivity contribution < 1.29 is 9.53 Å². The lowest BCUT2D eigenvalue weighted by Gasteiger charge is -2.07. The van der Waals surface area contributed by atoms with E-state index in [9.17, 15) is 4.79 Å². The first-order valence-electron chi connectivity index (χ1n) is 6.47. The Hall–Kier alpha value is -2.17. The monoisotopic (exact) mass is 257 g/mol. The van der Waals surface area contributed by atoms with Crippen molar-refractivity contribution in [2.75, 3.05) is 6.61 Å². The van der Waals surface area contributed by atoms with E-state index in [4.69, 9.17) is 4.74 Å². The molecule has 0 spiro atoms. The van der Waals surface area contributed by atoms with Crippen molar-refractivity contribution in [2.24, 2.45) is 0 Å². The Morgan fingerprint density at radius 3 is 2.68 bits per heavy atom. The molecule has 3 rings (SSSR count). The summed E-state index contributed by atoms with van der Waals surface area (Å²) in [5.41, 5.74) is 2.29. The molecule has 1 saturated carbocycles. The fourth-order valence-electron chi connectivity index (χ4n) is 2.16. The minimum atomic E-state index is 0.418. The summed E-state index contributed by atoms with van der Waals surface area (Å²) in [6.07, 6.45) is 2.99. The first-order valence-corrected chi connectivity index (χ1v) is 6.47. The van der Waals surface area contributed by atoms with Crippen molar-refractivity contribution in [1.29, 1.82) is 0 Å². The van der Waals surface area contributed by atoms with E-state index in [1.54, 1.807) is 4.68 Å². The number of aldehydes is 1. The van der Waals surface area contributed by atoms with Crippen LogP contribution in [-0.2, 0) is 0 Å². The lowest BCUT2D eigenvalue weighted by molar-refractivity contribution is 0.111. The molecule has 0 N–H and O–H groups in total. The second-order valence-electron chi connectivity index (χ2n) is 4.59. The Labute approximate surface area is 111 Å². The molecule has 1 aromatic heterocycles. The molecule has 0 bridgehead atoms. The first-order chi connectivity index (χ1) is 9.33. The molecule has 5 heteroatoms. The molecule has 1 aliphatic carbocycles. The molecule has 19 heavy (non-hydrogen) atoms. The maximum atomic E-state index is 11.0. The number of ether oxygens (including phenoxy) is 1. The third kappa shape index (κ3) is 2.23. The van der Waals surface area contributed by atoms with Gasteiger partial charge in [0.1, 0.15) is 11.4 Å². The average molecular weight is 257 g/mol. The number of carbonyl (C=O) groups is 1. The van der Waals surface area contributed by atoms with Crippen LogP contribution in [0.2, 0.25) is 0 Å². The Kier molecular flexibility index (Phi) is 3.03. The third-order valence-electron chi connectivity index (χ3n) is 3.20. The van der Waals surface area contributed by atoms with Crippen molar-refractivity contribution in [2.45, 2.75) is 25.7 Å². The van der Waals surface area contributed by atoms with Crippen LogP contribution >= 0.6 is 0 Å². The number of rotatable bonds is 5. The van der Waals surface area contributed by atoms with Crippen LogP contribution in [0.1, 0.15) is 41.9 Å². The number of benzene rings is 1. The van der Waals surface area contributed by atoms with Crippen LogP contribution in [0.3, 0.4) is 0 Å². The number of aromatic nitrogens is 3. The summed E-state index contributed by atoms with van der Waals surface area (Å²) in [6.45, 7) is 2.60. The quantitative estimate of drug-likeness (QED) is 0.771. The van der Waals surface area contributed by atoms with Gasteiger partial charge in [0.05, 0.1) is 18.0 Å². The van der Waals surface area contributed by atoms with E-state index >= 15 is 0 Å². The smallest absolute Gasteiger partial charge is 0.172 e. The van der Waals surface area contributed by atoms with E-state index in [0.29, 0.717) is 18.2 Å². The molecule has 98 valence electrons. The fourth-order valence-corrected chi connectivity index (χ4v) is 2.16. The SMILES string of the molecule is CCOc1ccc(-n2nnc(C=O)c2C2CC2)cc1. The maximum absolute atomic E-state index is 11.0. The lowest BCUT2D eigenvalue weighted by atomic mass is 10.2. The Balaban J connectivity index is 1.97. The van der Waals surface area contributed by atoms with Crippen LogP contribution in [0.4, 0.5) is 0 Å². The summed E-state index contributed by atoms with van der Waals surface area (Å²) >= 11 is 0. The summed E-state index contributed by atoms with van der Waals surface area (Å²) in [5, 5.41) is 8.03. The van der Waals surface area contributed by atoms with Crippen molar-refractivity contribution in [3.8, 4) is 11.4 Å². The fraction of sp³-hybridized carbons (Fsp3) is 0.357. The van der Waals surface area contributed by atoms with Gasteiger partial charge in [-0.15, -0.1) is 5.10 Å². The second-order valence-corrected chi connectivity index (χ2v) is 4.59. The van der Waals surface area contributed by atoms with Gasteiger partial charge in [-0.05, 0) is 44.0 Å². The highest BCUT2D eigenvalue weighted by atomic mass is 16.5. The number of carbonyl (C=O) groups excluding carboxylic acids is 1. The van der Waals surface area contributed by atoms with Crippen molar-refractivity contribution in [3.63, 3.8) is 0 Å². The van der Waals surface area contributed by atoms with Crippen LogP contribution in [0.25, 0.3) is 5.69 Å². The number of nitrogens with zero attached hydrogens (tertiary/aromatic N) is 3. The van der Waals surface area contributed by atoms with Crippen LogP contribution < -0.4 is 4.74 Å². The highest BCUT2D eigenvalue weighted by Crippen LogP contribution is 2.41. The van der Waals surface area contributed by atoms with E-state index in [1.165, 1.54) is 0 Å². The standard InChI is InChI=1S/C14H15N3O2/c1-2-19-12-7-5-11(6-8-12)17-14(10-3-4-10)13(9-18)15-16-17/h5-10H,2-4H2,1H3. The number of hydrogen-bond acceptors (Lipinski definition) is 4. The summed E-state index contributed by atoms with van der Waals surface area (Å²) in [5.74, 6) is 1.25. The molecule has 0 atom stereocenters. The average Bonchev–Trinajstić information content (AvgIpc) is 3.19.